The molecule has 3 rings (SSSR count). The summed E-state index contributed by atoms with van der Waals surface area (Å²) < 4.78 is 0. The number of nitrogens with one attached hydrogen (secondary N) is 2. The van der Waals surface area contributed by atoms with Gasteiger partial charge in [0, 0.05) is 21.6 Å². The fourth-order valence-electron chi connectivity index (χ4n) is 4.18. The van der Waals surface area contributed by atoms with Crippen molar-refractivity contribution in [3.05, 3.63) is 33.5 Å². The Morgan fingerprint density at radius 2 is 2.04 bits per heavy atom. The van der Waals surface area contributed by atoms with Crippen molar-refractivity contribution in [3.8, 4) is 18.2 Å². The van der Waals surface area contributed by atoms with E-state index in [-0.39, 0.29) is 17.5 Å². The van der Waals surface area contributed by atoms with Gasteiger partial charge in [0.15, 0.2) is 5.41 Å². The lowest BCUT2D eigenvalue weighted by molar-refractivity contribution is -0.897. The van der Waals surface area contributed by atoms with Gasteiger partial charge in [0.25, 0.3) is 0 Å². The fraction of sp³-hybridized carbons (Fsp3) is 0.474. The van der Waals surface area contributed by atoms with Crippen molar-refractivity contribution in [3.63, 3.8) is 0 Å². The molecular weight excluding hydrogens is 330 g/mol. The predicted molar refractivity (Wildman–Crippen MR) is 95.1 cm³/mol. The summed E-state index contributed by atoms with van der Waals surface area (Å²) in [5, 5.41) is 38.1. The Labute approximate surface area is 151 Å². The smallest absolute Gasteiger partial charge is 0.190 e. The fourth-order valence-corrected chi connectivity index (χ4v) is 5.29. The first-order chi connectivity index (χ1) is 12.0. The van der Waals surface area contributed by atoms with Crippen molar-refractivity contribution < 1.29 is 4.90 Å². The molecule has 1 fully saturated rings. The summed E-state index contributed by atoms with van der Waals surface area (Å²) in [6, 6.07) is 10.4. The molecular formula is C19H20N5S+. The van der Waals surface area contributed by atoms with Crippen LogP contribution >= 0.6 is 11.3 Å². The van der Waals surface area contributed by atoms with Crippen molar-refractivity contribution in [2.24, 2.45) is 17.3 Å². The molecule has 0 spiro atoms. The number of hydrogen-bond acceptors (Lipinski definition) is 5. The third kappa shape index (κ3) is 2.48. The Kier molecular flexibility index (Phi) is 4.48. The molecule has 0 amide bonds. The molecule has 5 nitrogen and oxygen atoms in total. The SMILES string of the molecule is CC[NH+]1CC=C2C(C#N)C(=N)C(C#N)(C#N)[C@H](c3ccc(C)s3)[C@@H]2C1. The first-order valence-electron chi connectivity index (χ1n) is 8.43. The highest BCUT2D eigenvalue weighted by Crippen LogP contribution is 2.53. The summed E-state index contributed by atoms with van der Waals surface area (Å²) in [6.07, 6.45) is 2.07. The monoisotopic (exact) mass is 350 g/mol. The van der Waals surface area contributed by atoms with E-state index in [0.717, 1.165) is 35.0 Å². The number of hydrogen-bond donors (Lipinski definition) is 2. The van der Waals surface area contributed by atoms with Gasteiger partial charge in [-0.25, -0.2) is 0 Å². The number of likely N-dealkylation sites (N-methyl/N-ethyl adjacent to an activating group) is 1. The molecule has 2 N–H and O–H groups in total. The lowest BCUT2D eigenvalue weighted by Crippen LogP contribution is -3.13. The number of nitriles is 3. The Morgan fingerprint density at radius 3 is 2.56 bits per heavy atom. The van der Waals surface area contributed by atoms with Crippen LogP contribution in [0.4, 0.5) is 0 Å². The second-order valence-corrected chi connectivity index (χ2v) is 8.08. The normalized spacial score (nSPS) is 30.4. The molecule has 126 valence electrons. The van der Waals surface area contributed by atoms with Crippen LogP contribution in [0.1, 0.15) is 22.6 Å². The Bertz CT molecular complexity index is 846. The van der Waals surface area contributed by atoms with Crippen molar-refractivity contribution in [2.75, 3.05) is 19.6 Å². The predicted octanol–water partition coefficient (Wildman–Crippen LogP) is 1.81. The zero-order valence-corrected chi connectivity index (χ0v) is 15.2. The van der Waals surface area contributed by atoms with Gasteiger partial charge in [-0.15, -0.1) is 11.3 Å². The summed E-state index contributed by atoms with van der Waals surface area (Å²) in [6.45, 7) is 6.70. The maximum absolute atomic E-state index is 9.93. The molecule has 2 heterocycles. The maximum atomic E-state index is 9.93. The molecule has 1 aliphatic carbocycles. The molecule has 4 atom stereocenters. The van der Waals surface area contributed by atoms with Crippen LogP contribution in [-0.2, 0) is 0 Å². The Morgan fingerprint density at radius 1 is 1.32 bits per heavy atom. The van der Waals surface area contributed by atoms with E-state index in [0.29, 0.717) is 0 Å². The molecule has 0 radical (unpaired) electrons. The average molecular weight is 350 g/mol. The van der Waals surface area contributed by atoms with Crippen molar-refractivity contribution in [1.29, 1.82) is 21.2 Å². The van der Waals surface area contributed by atoms with E-state index in [1.54, 1.807) is 11.3 Å². The van der Waals surface area contributed by atoms with Crippen LogP contribution in [0.25, 0.3) is 0 Å². The van der Waals surface area contributed by atoms with E-state index in [2.05, 4.69) is 31.2 Å². The second-order valence-electron chi connectivity index (χ2n) is 6.76. The highest BCUT2D eigenvalue weighted by Gasteiger charge is 2.58. The van der Waals surface area contributed by atoms with Crippen LogP contribution < -0.4 is 4.90 Å². The van der Waals surface area contributed by atoms with E-state index < -0.39 is 11.3 Å². The zero-order valence-electron chi connectivity index (χ0n) is 14.3. The molecule has 2 aliphatic rings. The minimum absolute atomic E-state index is 0.0557. The van der Waals surface area contributed by atoms with Gasteiger partial charge < -0.3 is 10.3 Å². The number of fused-ring (bicyclic) bond motifs is 1. The second kappa shape index (κ2) is 6.45. The van der Waals surface area contributed by atoms with Gasteiger partial charge in [-0.1, -0.05) is 0 Å². The van der Waals surface area contributed by atoms with E-state index in [4.69, 9.17) is 5.41 Å². The van der Waals surface area contributed by atoms with E-state index in [1.165, 1.54) is 4.90 Å². The van der Waals surface area contributed by atoms with Crippen LogP contribution in [0.3, 0.4) is 0 Å². The lowest BCUT2D eigenvalue weighted by Gasteiger charge is -2.45. The van der Waals surface area contributed by atoms with Crippen LogP contribution in [-0.4, -0.2) is 25.3 Å². The number of thiophene rings is 1. The number of nitrogens with zero attached hydrogens (tertiary/aromatic N) is 3. The van der Waals surface area contributed by atoms with E-state index in [1.807, 2.05) is 19.1 Å². The summed E-state index contributed by atoms with van der Waals surface area (Å²) in [4.78, 5) is 3.46. The summed E-state index contributed by atoms with van der Waals surface area (Å²) in [7, 11) is 0. The van der Waals surface area contributed by atoms with Crippen LogP contribution in [0.2, 0.25) is 0 Å². The van der Waals surface area contributed by atoms with Crippen molar-refractivity contribution >= 4 is 17.0 Å². The largest absolute Gasteiger partial charge is 0.331 e. The van der Waals surface area contributed by atoms with Crippen molar-refractivity contribution in [1.82, 2.24) is 0 Å². The third-order valence-corrected chi connectivity index (χ3v) is 6.61. The third-order valence-electron chi connectivity index (χ3n) is 5.53. The summed E-state index contributed by atoms with van der Waals surface area (Å²) >= 11 is 1.58. The molecule has 0 saturated heterocycles. The molecule has 25 heavy (non-hydrogen) atoms. The highest BCUT2D eigenvalue weighted by atomic mass is 32.1. The molecule has 1 aromatic heterocycles. The maximum Gasteiger partial charge on any atom is 0.190 e. The standard InChI is InChI=1S/C19H19N5S/c1-3-24-7-6-13-14(8-20)18(23)19(10-21,11-22)17(15(13)9-24)16-5-4-12(2)25-16/h4-6,14-15,17,23H,3,7,9H2,1-2H3/p+1/t14?,15-,17+/m1/s1. The molecule has 6 heteroatoms. The number of quaternary nitrogens is 1. The molecule has 0 bridgehead atoms. The lowest BCUT2D eigenvalue weighted by atomic mass is 9.55. The van der Waals surface area contributed by atoms with Gasteiger partial charge in [0.1, 0.15) is 5.92 Å². The molecule has 0 aromatic carbocycles. The summed E-state index contributed by atoms with van der Waals surface area (Å²) in [5.41, 5.74) is -0.698. The zero-order chi connectivity index (χ0) is 18.2. The first kappa shape index (κ1) is 17.4. The van der Waals surface area contributed by atoms with Gasteiger partial charge in [0.2, 0.25) is 0 Å². The average Bonchev–Trinajstić information content (AvgIpc) is 3.06. The van der Waals surface area contributed by atoms with Crippen LogP contribution in [0.15, 0.2) is 23.8 Å². The van der Waals surface area contributed by atoms with E-state index >= 15 is 0 Å². The highest BCUT2D eigenvalue weighted by molar-refractivity contribution is 7.12. The van der Waals surface area contributed by atoms with Crippen molar-refractivity contribution in [2.45, 2.75) is 19.8 Å². The van der Waals surface area contributed by atoms with Gasteiger partial charge in [-0.05, 0) is 37.6 Å². The Hall–Kier alpha value is -2.46. The molecule has 1 saturated carbocycles. The first-order valence-corrected chi connectivity index (χ1v) is 9.24. The van der Waals surface area contributed by atoms with Gasteiger partial charge in [-0.2, -0.15) is 15.8 Å². The minimum atomic E-state index is -1.57. The molecule has 1 aromatic rings. The van der Waals surface area contributed by atoms with Crippen LogP contribution in [0.5, 0.6) is 0 Å². The quantitative estimate of drug-likeness (QED) is 0.796. The summed E-state index contributed by atoms with van der Waals surface area (Å²) in [5.74, 6) is -1.20. The minimum Gasteiger partial charge on any atom is -0.331 e. The van der Waals surface area contributed by atoms with Gasteiger partial charge >= 0.3 is 0 Å². The Balaban J connectivity index is 2.24. The molecule has 2 unspecified atom stereocenters. The molecule has 1 aliphatic heterocycles. The topological polar surface area (TPSA) is 99.7 Å². The van der Waals surface area contributed by atoms with Gasteiger partial charge in [0.05, 0.1) is 43.6 Å². The van der Waals surface area contributed by atoms with Gasteiger partial charge in [-0.3, -0.25) is 0 Å². The number of rotatable bonds is 2. The van der Waals surface area contributed by atoms with E-state index in [9.17, 15) is 15.8 Å². The number of aryl methyl sites for hydroxylation is 1. The van der Waals surface area contributed by atoms with Crippen LogP contribution in [0, 0.1) is 63.6 Å².